The third-order valence-electron chi connectivity index (χ3n) is 6.83. The highest BCUT2D eigenvalue weighted by molar-refractivity contribution is 7.08. The number of nitrogens with one attached hydrogen (secondary N) is 1. The number of fused-ring (bicyclic) bond motifs is 1. The van der Waals surface area contributed by atoms with Gasteiger partial charge in [0.25, 0.3) is 5.91 Å². The van der Waals surface area contributed by atoms with Crippen molar-refractivity contribution in [2.45, 2.75) is 37.8 Å². The van der Waals surface area contributed by atoms with Gasteiger partial charge in [-0.05, 0) is 37.8 Å². The van der Waals surface area contributed by atoms with E-state index in [1.54, 1.807) is 7.11 Å². The minimum Gasteiger partial charge on any atom is -0.495 e. The summed E-state index contributed by atoms with van der Waals surface area (Å²) in [6.45, 7) is 3.55. The summed E-state index contributed by atoms with van der Waals surface area (Å²) in [4.78, 5) is 32.9. The highest BCUT2D eigenvalue weighted by Gasteiger charge is 2.31. The number of imidazole rings is 1. The van der Waals surface area contributed by atoms with Crippen LogP contribution in [0.5, 0.6) is 5.75 Å². The maximum absolute atomic E-state index is 12.8. The van der Waals surface area contributed by atoms with Gasteiger partial charge in [0.05, 0.1) is 23.7 Å². The van der Waals surface area contributed by atoms with Crippen molar-refractivity contribution in [3.63, 3.8) is 0 Å². The van der Waals surface area contributed by atoms with Crippen LogP contribution in [0.4, 0.5) is 0 Å². The van der Waals surface area contributed by atoms with Crippen LogP contribution in [0.1, 0.15) is 42.1 Å². The van der Waals surface area contributed by atoms with E-state index in [0.29, 0.717) is 17.4 Å². The number of carbonyl (C=O) groups is 1. The third kappa shape index (κ3) is 3.78. The number of ether oxygens (including phenoxy) is 1. The number of carbonyl (C=O) groups excluding carboxylic acids is 1. The summed E-state index contributed by atoms with van der Waals surface area (Å²) in [5.74, 6) is 0.751. The Morgan fingerprint density at radius 3 is 2.48 bits per heavy atom. The van der Waals surface area contributed by atoms with Crippen LogP contribution >= 0.6 is 11.3 Å². The van der Waals surface area contributed by atoms with Gasteiger partial charge in [-0.1, -0.05) is 12.1 Å². The number of rotatable bonds is 4. The van der Waals surface area contributed by atoms with Crippen LogP contribution < -0.4 is 10.4 Å². The largest absolute Gasteiger partial charge is 0.495 e. The van der Waals surface area contributed by atoms with Crippen LogP contribution in [0.3, 0.4) is 0 Å². The zero-order valence-corrected chi connectivity index (χ0v) is 18.6. The molecule has 1 amide bonds. The van der Waals surface area contributed by atoms with Gasteiger partial charge in [-0.2, -0.15) is 0 Å². The molecule has 1 N–H and O–H groups in total. The minimum atomic E-state index is -0.00432. The van der Waals surface area contributed by atoms with Gasteiger partial charge in [-0.25, -0.2) is 4.79 Å². The van der Waals surface area contributed by atoms with Crippen molar-refractivity contribution in [2.75, 3.05) is 33.3 Å². The number of aromatic amines is 1. The molecule has 4 heterocycles. The average molecular weight is 441 g/mol. The topological polar surface area (TPSA) is 70.6 Å². The minimum absolute atomic E-state index is 0.00432. The molecule has 164 valence electrons. The van der Waals surface area contributed by atoms with Gasteiger partial charge >= 0.3 is 5.69 Å². The quantitative estimate of drug-likeness (QED) is 0.676. The summed E-state index contributed by atoms with van der Waals surface area (Å²) in [7, 11) is 1.61. The molecular weight excluding hydrogens is 412 g/mol. The van der Waals surface area contributed by atoms with E-state index in [-0.39, 0.29) is 17.6 Å². The van der Waals surface area contributed by atoms with Crippen molar-refractivity contribution >= 4 is 28.3 Å². The summed E-state index contributed by atoms with van der Waals surface area (Å²) in [6.07, 6.45) is 3.95. The number of methoxy groups -OCH3 is 1. The Labute approximate surface area is 185 Å². The van der Waals surface area contributed by atoms with E-state index in [9.17, 15) is 9.59 Å². The maximum atomic E-state index is 12.8. The molecule has 1 aromatic carbocycles. The first-order valence-corrected chi connectivity index (χ1v) is 11.9. The number of nitrogens with zero attached hydrogens (tertiary/aromatic N) is 3. The van der Waals surface area contributed by atoms with E-state index in [2.05, 4.69) is 9.88 Å². The SMILES string of the molecule is COc1cscc1C(=O)N1CCC(N2CCC(n3c(=O)[nH]c4ccccc43)CC2)CC1. The second kappa shape index (κ2) is 8.51. The molecule has 0 spiro atoms. The van der Waals surface area contributed by atoms with Crippen LogP contribution in [0.2, 0.25) is 0 Å². The molecular formula is C23H28N4O3S. The molecule has 0 bridgehead atoms. The van der Waals surface area contributed by atoms with Crippen molar-refractivity contribution in [1.82, 2.24) is 19.4 Å². The van der Waals surface area contributed by atoms with E-state index in [1.807, 2.05) is 44.5 Å². The first kappa shape index (κ1) is 20.3. The van der Waals surface area contributed by atoms with Crippen LogP contribution in [-0.4, -0.2) is 64.6 Å². The normalized spacial score (nSPS) is 19.2. The molecule has 0 saturated carbocycles. The van der Waals surface area contributed by atoms with Crippen LogP contribution in [-0.2, 0) is 0 Å². The maximum Gasteiger partial charge on any atom is 0.326 e. The number of H-pyrrole nitrogens is 1. The lowest BCUT2D eigenvalue weighted by Gasteiger charge is -2.42. The molecule has 8 heteroatoms. The second-order valence-electron chi connectivity index (χ2n) is 8.46. The number of thiophene rings is 1. The van der Waals surface area contributed by atoms with Gasteiger partial charge in [0.15, 0.2) is 0 Å². The smallest absolute Gasteiger partial charge is 0.326 e. The number of piperidine rings is 2. The first-order valence-electron chi connectivity index (χ1n) is 11.0. The molecule has 2 aliphatic rings. The molecule has 3 aromatic rings. The lowest BCUT2D eigenvalue weighted by Crippen LogP contribution is -2.49. The number of hydrogen-bond acceptors (Lipinski definition) is 5. The number of benzene rings is 1. The number of amides is 1. The van der Waals surface area contributed by atoms with Gasteiger partial charge in [0, 0.05) is 49.0 Å². The molecule has 31 heavy (non-hydrogen) atoms. The summed E-state index contributed by atoms with van der Waals surface area (Å²) < 4.78 is 7.26. The van der Waals surface area contributed by atoms with Gasteiger partial charge < -0.3 is 19.5 Å². The Morgan fingerprint density at radius 1 is 1.03 bits per heavy atom. The summed E-state index contributed by atoms with van der Waals surface area (Å²) >= 11 is 1.50. The number of para-hydroxylation sites is 2. The lowest BCUT2D eigenvalue weighted by atomic mass is 9.97. The molecule has 0 radical (unpaired) electrons. The van der Waals surface area contributed by atoms with Crippen molar-refractivity contribution in [3.05, 3.63) is 51.1 Å². The number of likely N-dealkylation sites (tertiary alicyclic amines) is 2. The number of hydrogen-bond donors (Lipinski definition) is 1. The molecule has 0 unspecified atom stereocenters. The summed E-state index contributed by atoms with van der Waals surface area (Å²) in [5.41, 5.74) is 2.59. The third-order valence-corrected chi connectivity index (χ3v) is 7.55. The van der Waals surface area contributed by atoms with Gasteiger partial charge in [-0.3, -0.25) is 9.36 Å². The molecule has 0 atom stereocenters. The molecule has 2 fully saturated rings. The molecule has 0 aliphatic carbocycles. The van der Waals surface area contributed by atoms with Crippen molar-refractivity contribution < 1.29 is 9.53 Å². The summed E-state index contributed by atoms with van der Waals surface area (Å²) in [6, 6.07) is 8.68. The zero-order chi connectivity index (χ0) is 21.4. The fraction of sp³-hybridized carbons (Fsp3) is 0.478. The van der Waals surface area contributed by atoms with Crippen molar-refractivity contribution in [3.8, 4) is 5.75 Å². The second-order valence-corrected chi connectivity index (χ2v) is 9.21. The Balaban J connectivity index is 1.18. The summed E-state index contributed by atoms with van der Waals surface area (Å²) in [5, 5.41) is 3.76. The Morgan fingerprint density at radius 2 is 1.74 bits per heavy atom. The number of aromatic nitrogens is 2. The van der Waals surface area contributed by atoms with E-state index in [4.69, 9.17) is 4.74 Å². The molecule has 7 nitrogen and oxygen atoms in total. The van der Waals surface area contributed by atoms with Crippen LogP contribution in [0.25, 0.3) is 11.0 Å². The van der Waals surface area contributed by atoms with E-state index in [0.717, 1.165) is 62.9 Å². The van der Waals surface area contributed by atoms with Gasteiger partial charge in [0.1, 0.15) is 5.75 Å². The zero-order valence-electron chi connectivity index (χ0n) is 17.8. The fourth-order valence-corrected chi connectivity index (χ4v) is 5.92. The van der Waals surface area contributed by atoms with Crippen molar-refractivity contribution in [1.29, 1.82) is 0 Å². The molecule has 5 rings (SSSR count). The Kier molecular flexibility index (Phi) is 5.58. The monoisotopic (exact) mass is 440 g/mol. The Hall–Kier alpha value is -2.58. The average Bonchev–Trinajstić information content (AvgIpc) is 3.42. The van der Waals surface area contributed by atoms with E-state index in [1.165, 1.54) is 11.3 Å². The van der Waals surface area contributed by atoms with Gasteiger partial charge in [0.2, 0.25) is 0 Å². The fourth-order valence-electron chi connectivity index (χ4n) is 5.15. The molecule has 2 aromatic heterocycles. The highest BCUT2D eigenvalue weighted by atomic mass is 32.1. The lowest BCUT2D eigenvalue weighted by molar-refractivity contribution is 0.0556. The van der Waals surface area contributed by atoms with Gasteiger partial charge in [-0.15, -0.1) is 11.3 Å². The van der Waals surface area contributed by atoms with Crippen LogP contribution in [0, 0.1) is 0 Å². The standard InChI is InChI=1S/C23H28N4O3S/c1-30-21-15-31-14-18(21)22(28)26-12-6-16(7-13-26)25-10-8-17(9-11-25)27-20-5-3-2-4-19(20)24-23(27)29/h2-5,14-17H,6-13H2,1H3,(H,24,29). The van der Waals surface area contributed by atoms with Crippen LogP contribution in [0.15, 0.2) is 39.8 Å². The predicted octanol–water partition coefficient (Wildman–Crippen LogP) is 3.34. The Bertz CT molecular complexity index is 1120. The highest BCUT2D eigenvalue weighted by Crippen LogP contribution is 2.30. The van der Waals surface area contributed by atoms with Crippen molar-refractivity contribution in [2.24, 2.45) is 0 Å². The predicted molar refractivity (Wildman–Crippen MR) is 122 cm³/mol. The molecule has 2 saturated heterocycles. The molecule has 2 aliphatic heterocycles. The first-order chi connectivity index (χ1) is 15.2. The van der Waals surface area contributed by atoms with E-state index >= 15 is 0 Å². The van der Waals surface area contributed by atoms with E-state index < -0.39 is 0 Å².